The number of nitrogens with zero attached hydrogens (tertiary/aromatic N) is 3. The lowest BCUT2D eigenvalue weighted by atomic mass is 9.72. The SMILES string of the molecule is CO.O=Cc1ccc(CN2CCC(C(O)(c3ccc(OC(F)(F)F)cc3)c3ccc(OC(F)(F)F)cc3)CC2)cc1.OC(c1ccc(OC(F)(F)F)cc1)(c1ccc(OC(F)(F)F)cc1)C1CCN(Cc2ccc(C3OCCO3)cc2)CC1.[O-][N+]1(Cc2ccc(C3OCCO3)cc2)CCC(C(O)(c2ccc(OC(F)(F)F)cc2)c2ccc(OC(F)(F)F)cc2)CC1. The van der Waals surface area contributed by atoms with Crippen LogP contribution in [-0.4, -0.2) is 152 Å². The van der Waals surface area contributed by atoms with Crippen molar-refractivity contribution >= 4 is 6.29 Å². The summed E-state index contributed by atoms with van der Waals surface area (Å²) in [5, 5.41) is 57.1. The predicted molar refractivity (Wildman–Crippen MR) is 416 cm³/mol. The molecule has 0 amide bonds. The van der Waals surface area contributed by atoms with Gasteiger partial charge in [-0.3, -0.25) is 14.6 Å². The van der Waals surface area contributed by atoms with Gasteiger partial charge in [0.15, 0.2) is 12.6 Å². The van der Waals surface area contributed by atoms with Crippen LogP contribution < -0.4 is 28.4 Å². The van der Waals surface area contributed by atoms with E-state index in [4.69, 9.17) is 24.1 Å². The number of alkyl halides is 18. The fourth-order valence-electron chi connectivity index (χ4n) is 16.2. The molecule has 5 heterocycles. The number of carbonyl (C=O) groups is 1. The van der Waals surface area contributed by atoms with Gasteiger partial charge in [0.05, 0.1) is 39.5 Å². The van der Waals surface area contributed by atoms with E-state index in [-0.39, 0.29) is 66.9 Å². The van der Waals surface area contributed by atoms with E-state index in [1.54, 1.807) is 12.1 Å². The topological polar surface area (TPSA) is 220 Å². The standard InChI is InChI=1S/C30H29F6NO6.C30H29F6NO5.C28H25F6NO4.CH4O/c31-29(32,33)42-25-9-5-22(6-10-25)28(38,23-7-11-26(12-8-23)43-30(34,35)36)24-13-15-37(39,16-14-24)19-20-1-3-21(4-2-20)27-40-17-18-41-27;31-29(32,33)41-25-9-5-22(6-10-25)28(38,23-7-11-26(12-8-23)42-30(34,35)36)24-13-15-37(16-14-24)19-20-1-3-21(4-2-20)27-39-17-18-40-27;29-27(30,31)38-24-9-5-21(6-10-24)26(37,22-7-11-25(12-8-22)39-28(32,33)34)23-13-15-35(16-14-23)17-19-1-3-20(18-36)4-2-19;1-2/h1-12,24,27,38H,13-19H2;1-12,24,27,38H,13-19H2;1-12,18,23,37H,13-17H2;2H,1H3. The molecule has 5 aliphatic heterocycles. The van der Waals surface area contributed by atoms with E-state index in [1.807, 2.05) is 60.7 Å². The molecule has 19 nitrogen and oxygen atoms in total. The van der Waals surface area contributed by atoms with Gasteiger partial charge in [0, 0.05) is 61.2 Å². The monoisotopic (exact) mass is 1800 g/mol. The molecular weight excluding hydrogens is 1710 g/mol. The highest BCUT2D eigenvalue weighted by atomic mass is 19.4. The number of aliphatic hydroxyl groups is 4. The van der Waals surface area contributed by atoms with Gasteiger partial charge in [0.2, 0.25) is 0 Å². The van der Waals surface area contributed by atoms with Crippen molar-refractivity contribution in [3.05, 3.63) is 290 Å². The minimum absolute atomic E-state index is 0.133. The summed E-state index contributed by atoms with van der Waals surface area (Å²) in [5.74, 6) is -4.16. The van der Waals surface area contributed by atoms with Crippen LogP contribution in [0.5, 0.6) is 34.5 Å². The van der Waals surface area contributed by atoms with Crippen LogP contribution in [0.3, 0.4) is 0 Å². The molecule has 14 rings (SSSR count). The number of hydrogen-bond acceptors (Lipinski definition) is 18. The number of hydrogen-bond donors (Lipinski definition) is 4. The number of piperidine rings is 3. The maximum absolute atomic E-state index is 13.7. The number of carbonyl (C=O) groups excluding carboxylic acids is 1. The molecule has 37 heteroatoms. The molecule has 4 N–H and O–H groups in total. The molecule has 5 fully saturated rings. The zero-order valence-electron chi connectivity index (χ0n) is 67.0. The van der Waals surface area contributed by atoms with Crippen LogP contribution in [0.2, 0.25) is 0 Å². The van der Waals surface area contributed by atoms with Gasteiger partial charge in [0.25, 0.3) is 0 Å². The lowest BCUT2D eigenvalue weighted by Gasteiger charge is -2.50. The Morgan fingerprint density at radius 3 is 0.770 bits per heavy atom. The molecule has 0 spiro atoms. The van der Waals surface area contributed by atoms with Crippen molar-refractivity contribution in [1.29, 1.82) is 0 Å². The van der Waals surface area contributed by atoms with E-state index in [0.717, 1.165) is 114 Å². The Kier molecular flexibility index (Phi) is 31.2. The number of aldehydes is 1. The molecule has 0 radical (unpaired) electrons. The summed E-state index contributed by atoms with van der Waals surface area (Å²) in [6.45, 7) is 6.31. The van der Waals surface area contributed by atoms with E-state index in [1.165, 1.54) is 72.8 Å². The van der Waals surface area contributed by atoms with Crippen LogP contribution in [0.25, 0.3) is 0 Å². The Labute approximate surface area is 710 Å². The van der Waals surface area contributed by atoms with Gasteiger partial charge in [-0.05, 0) is 181 Å². The number of hydroxylamine groups is 3. The first-order valence-electron chi connectivity index (χ1n) is 39.5. The number of likely N-dealkylation sites (tertiary alicyclic amines) is 3. The third kappa shape index (κ3) is 26.7. The zero-order chi connectivity index (χ0) is 91.1. The molecule has 680 valence electrons. The molecule has 0 saturated carbocycles. The molecule has 5 saturated heterocycles. The predicted octanol–water partition coefficient (Wildman–Crippen LogP) is 19.4. The first-order valence-corrected chi connectivity index (χ1v) is 39.5. The summed E-state index contributed by atoms with van der Waals surface area (Å²) >= 11 is 0. The van der Waals surface area contributed by atoms with Crippen LogP contribution in [-0.2, 0) is 55.4 Å². The van der Waals surface area contributed by atoms with Crippen molar-refractivity contribution < 1.29 is 156 Å². The van der Waals surface area contributed by atoms with E-state index in [0.29, 0.717) is 108 Å². The average Bonchev–Trinajstić information content (AvgIpc) is 0.904. The highest BCUT2D eigenvalue weighted by Crippen LogP contribution is 2.49. The smallest absolute Gasteiger partial charge is 0.573 e. The highest BCUT2D eigenvalue weighted by molar-refractivity contribution is 5.74. The van der Waals surface area contributed by atoms with Gasteiger partial charge < -0.3 is 77.6 Å². The van der Waals surface area contributed by atoms with Gasteiger partial charge in [-0.15, -0.1) is 79.0 Å². The number of aliphatic hydroxyl groups excluding tert-OH is 1. The van der Waals surface area contributed by atoms with Crippen LogP contribution in [0.15, 0.2) is 218 Å². The summed E-state index contributed by atoms with van der Waals surface area (Å²) in [4.78, 5) is 15.3. The number of ether oxygens (including phenoxy) is 10. The Morgan fingerprint density at radius 1 is 0.333 bits per heavy atom. The van der Waals surface area contributed by atoms with Crippen LogP contribution in [0.1, 0.15) is 123 Å². The third-order valence-corrected chi connectivity index (χ3v) is 22.0. The Bertz CT molecular complexity index is 4680. The van der Waals surface area contributed by atoms with Gasteiger partial charge in [0.1, 0.15) is 64.1 Å². The second-order valence-electron chi connectivity index (χ2n) is 30.3. The second kappa shape index (κ2) is 40.8. The normalized spacial score (nSPS) is 18.4. The van der Waals surface area contributed by atoms with Gasteiger partial charge in [-0.2, -0.15) is 0 Å². The van der Waals surface area contributed by atoms with E-state index in [2.05, 4.69) is 38.2 Å². The van der Waals surface area contributed by atoms with Crippen molar-refractivity contribution in [2.45, 2.75) is 126 Å². The highest BCUT2D eigenvalue weighted by Gasteiger charge is 2.48. The second-order valence-corrected chi connectivity index (χ2v) is 30.3. The fourth-order valence-corrected chi connectivity index (χ4v) is 16.2. The average molecular weight is 1800 g/mol. The number of benzene rings is 9. The maximum Gasteiger partial charge on any atom is 0.573 e. The molecule has 9 aromatic carbocycles. The molecular formula is C89H87F18N3O16. The molecule has 0 unspecified atom stereocenters. The molecule has 0 aliphatic carbocycles. The van der Waals surface area contributed by atoms with Crippen molar-refractivity contribution in [3.8, 4) is 34.5 Å². The van der Waals surface area contributed by atoms with Crippen LogP contribution in [0, 0.1) is 23.0 Å². The first kappa shape index (κ1) is 96.3. The largest absolute Gasteiger partial charge is 0.633 e. The fraction of sp³-hybridized carbons (Fsp3) is 0.382. The quantitative estimate of drug-likeness (QED) is 0.0191. The minimum atomic E-state index is -4.91. The van der Waals surface area contributed by atoms with Crippen molar-refractivity contribution in [2.75, 3.05) is 72.8 Å². The lowest BCUT2D eigenvalue weighted by molar-refractivity contribution is -0.900. The summed E-state index contributed by atoms with van der Waals surface area (Å²) < 4.78 is 273. The Morgan fingerprint density at radius 2 is 0.548 bits per heavy atom. The van der Waals surface area contributed by atoms with E-state index < -0.39 is 112 Å². The zero-order valence-corrected chi connectivity index (χ0v) is 67.0. The van der Waals surface area contributed by atoms with Crippen LogP contribution >= 0.6 is 0 Å². The first-order chi connectivity index (χ1) is 59.5. The number of quaternary nitrogens is 1. The molecule has 5 aliphatic rings. The van der Waals surface area contributed by atoms with Crippen molar-refractivity contribution in [1.82, 2.24) is 9.80 Å². The van der Waals surface area contributed by atoms with Crippen LogP contribution in [0.4, 0.5) is 79.0 Å². The van der Waals surface area contributed by atoms with Gasteiger partial charge in [-0.25, -0.2) is 0 Å². The van der Waals surface area contributed by atoms with E-state index >= 15 is 0 Å². The summed E-state index contributed by atoms with van der Waals surface area (Å²) in [6, 6.07) is 51.3. The summed E-state index contributed by atoms with van der Waals surface area (Å²) in [5.41, 5.74) is 1.61. The van der Waals surface area contributed by atoms with Crippen molar-refractivity contribution in [3.63, 3.8) is 0 Å². The van der Waals surface area contributed by atoms with Gasteiger partial charge >= 0.3 is 38.2 Å². The molecule has 0 atom stereocenters. The lowest BCUT2D eigenvalue weighted by Crippen LogP contribution is -2.51. The molecule has 0 bridgehead atoms. The Balaban J connectivity index is 0.000000182. The number of halogens is 18. The maximum atomic E-state index is 13.7. The number of rotatable bonds is 24. The molecule has 126 heavy (non-hydrogen) atoms. The van der Waals surface area contributed by atoms with Gasteiger partial charge in [-0.1, -0.05) is 146 Å². The molecule has 0 aromatic heterocycles. The third-order valence-electron chi connectivity index (χ3n) is 22.0. The van der Waals surface area contributed by atoms with Crippen molar-refractivity contribution in [2.24, 2.45) is 17.8 Å². The summed E-state index contributed by atoms with van der Waals surface area (Å²) in [6.07, 6.45) is -26.8. The molecule has 9 aromatic rings. The minimum Gasteiger partial charge on any atom is -0.633 e. The summed E-state index contributed by atoms with van der Waals surface area (Å²) in [7, 11) is 1.00. The van der Waals surface area contributed by atoms with E-state index in [9.17, 15) is 104 Å². The Hall–Kier alpha value is -10.3.